The van der Waals surface area contributed by atoms with E-state index in [2.05, 4.69) is 246 Å². The van der Waals surface area contributed by atoms with E-state index < -0.39 is 0 Å². The zero-order valence-corrected chi connectivity index (χ0v) is 32.8. The van der Waals surface area contributed by atoms with Crippen molar-refractivity contribution >= 4 is 49.6 Å². The first kappa shape index (κ1) is 35.1. The minimum Gasteiger partial charge on any atom is -0.310 e. The van der Waals surface area contributed by atoms with Crippen molar-refractivity contribution in [2.75, 3.05) is 4.90 Å². The van der Waals surface area contributed by atoms with E-state index >= 15 is 0 Å². The highest BCUT2D eigenvalue weighted by Gasteiger charge is 2.18. The molecule has 0 aliphatic heterocycles. The highest BCUT2D eigenvalue weighted by atomic mass is 15.1. The molecule has 0 fully saturated rings. The molecular weight excluding hydrogens is 725 g/mol. The number of anilines is 3. The van der Waals surface area contributed by atoms with Gasteiger partial charge in [0.05, 0.1) is 11.0 Å². The van der Waals surface area contributed by atoms with E-state index in [0.29, 0.717) is 0 Å². The molecule has 0 aliphatic carbocycles. The maximum absolute atomic E-state index is 3.27. The molecular formula is C58H38N2. The number of aromatic nitrogens is 1. The van der Waals surface area contributed by atoms with Gasteiger partial charge in [-0.05, 0) is 129 Å². The van der Waals surface area contributed by atoms with Crippen LogP contribution in [0.1, 0.15) is 0 Å². The van der Waals surface area contributed by atoms with Gasteiger partial charge < -0.3 is 9.47 Å². The van der Waals surface area contributed by atoms with Crippen molar-refractivity contribution in [1.82, 2.24) is 4.57 Å². The highest BCUT2D eigenvalue weighted by Crippen LogP contribution is 2.42. The molecule has 0 aliphatic rings. The van der Waals surface area contributed by atoms with Gasteiger partial charge in [0.25, 0.3) is 0 Å². The third-order valence-corrected chi connectivity index (χ3v) is 11.7. The van der Waals surface area contributed by atoms with Crippen LogP contribution in [0.3, 0.4) is 0 Å². The van der Waals surface area contributed by atoms with Crippen LogP contribution in [0.4, 0.5) is 17.1 Å². The number of rotatable bonds is 8. The Kier molecular flexibility index (Phi) is 8.77. The van der Waals surface area contributed by atoms with Gasteiger partial charge in [0.2, 0.25) is 0 Å². The summed E-state index contributed by atoms with van der Waals surface area (Å²) < 4.78 is 2.38. The van der Waals surface area contributed by atoms with Gasteiger partial charge in [0, 0.05) is 38.9 Å². The van der Waals surface area contributed by atoms with Crippen molar-refractivity contribution < 1.29 is 0 Å². The Bertz CT molecular complexity index is 3230. The first-order valence-electron chi connectivity index (χ1n) is 20.4. The quantitative estimate of drug-likeness (QED) is 0.150. The summed E-state index contributed by atoms with van der Waals surface area (Å²) in [6.45, 7) is 0. The number of para-hydroxylation sites is 2. The molecule has 11 aromatic rings. The minimum absolute atomic E-state index is 1.06. The summed E-state index contributed by atoms with van der Waals surface area (Å²) in [6, 6.07) is 89.3. The van der Waals surface area contributed by atoms with Gasteiger partial charge in [-0.25, -0.2) is 0 Å². The van der Waals surface area contributed by atoms with E-state index in [0.717, 1.165) is 39.3 Å². The molecule has 0 amide bonds. The van der Waals surface area contributed by atoms with E-state index in [-0.39, 0.29) is 0 Å². The lowest BCUT2D eigenvalue weighted by atomic mass is 9.93. The monoisotopic (exact) mass is 762 g/mol. The molecule has 60 heavy (non-hydrogen) atoms. The Labute approximate surface area is 350 Å². The molecule has 10 aromatic carbocycles. The van der Waals surface area contributed by atoms with Crippen molar-refractivity contribution in [2.24, 2.45) is 0 Å². The molecule has 0 unspecified atom stereocenters. The molecule has 11 rings (SSSR count). The summed E-state index contributed by atoms with van der Waals surface area (Å²) in [5.74, 6) is 0. The van der Waals surface area contributed by atoms with E-state index in [4.69, 9.17) is 0 Å². The minimum atomic E-state index is 1.06. The Morgan fingerprint density at radius 1 is 0.333 bits per heavy atom. The summed E-state index contributed by atoms with van der Waals surface area (Å²) in [6.07, 6.45) is 0. The lowest BCUT2D eigenvalue weighted by Crippen LogP contribution is -2.10. The highest BCUT2D eigenvalue weighted by molar-refractivity contribution is 6.09. The molecule has 0 atom stereocenters. The molecule has 0 bridgehead atoms. The summed E-state index contributed by atoms with van der Waals surface area (Å²) in [5.41, 5.74) is 16.2. The second-order valence-corrected chi connectivity index (χ2v) is 15.2. The predicted octanol–water partition coefficient (Wildman–Crippen LogP) is 15.7. The van der Waals surface area contributed by atoms with Crippen molar-refractivity contribution in [3.63, 3.8) is 0 Å². The lowest BCUT2D eigenvalue weighted by Gasteiger charge is -2.27. The standard InChI is InChI=1S/C58H38N2/c1-3-15-42(16-4-1)53-38-37-50(40-56(53)44-17-5-2-6-18-44)59(48-35-31-45(32-36-48)52-26-14-20-43-19-7-8-23-51(43)52)47-33-29-41(30-34-47)46-21-13-22-49(39-46)60-57-27-11-9-24-54(57)55-25-10-12-28-58(55)60/h1-6,8-18,20-40H. The average molecular weight is 763 g/mol. The molecule has 1 aromatic heterocycles. The summed E-state index contributed by atoms with van der Waals surface area (Å²) in [4.78, 5) is 2.37. The van der Waals surface area contributed by atoms with Crippen LogP contribution in [0.2, 0.25) is 0 Å². The Morgan fingerprint density at radius 2 is 0.883 bits per heavy atom. The van der Waals surface area contributed by atoms with Crippen LogP contribution in [0, 0.1) is 12.1 Å². The van der Waals surface area contributed by atoms with Crippen LogP contribution in [0.15, 0.2) is 231 Å². The van der Waals surface area contributed by atoms with Crippen molar-refractivity contribution in [3.8, 4) is 50.2 Å². The Hall–Kier alpha value is -8.12. The Morgan fingerprint density at radius 3 is 1.57 bits per heavy atom. The molecule has 0 saturated heterocycles. The SMILES string of the molecule is c1ccc2c(-c3ccc(N(c4ccc(-c5cccc(-n6c7ccccc7c7ccccc76)c5)cc4)c4ccc(-c5ccccc5)c(-c5ccccc5)c4)cc3)cccc2c#1. The molecule has 0 radical (unpaired) electrons. The van der Waals surface area contributed by atoms with Gasteiger partial charge in [-0.3, -0.25) is 0 Å². The van der Waals surface area contributed by atoms with E-state index in [1.165, 1.54) is 60.6 Å². The number of hydrogen-bond acceptors (Lipinski definition) is 1. The summed E-state index contributed by atoms with van der Waals surface area (Å²) in [5, 5.41) is 4.76. The van der Waals surface area contributed by atoms with Crippen LogP contribution in [0.5, 0.6) is 0 Å². The molecule has 0 saturated carbocycles. The normalized spacial score (nSPS) is 11.2. The van der Waals surface area contributed by atoms with Crippen molar-refractivity contribution in [2.45, 2.75) is 0 Å². The first-order valence-corrected chi connectivity index (χ1v) is 20.4. The van der Waals surface area contributed by atoms with Crippen molar-refractivity contribution in [3.05, 3.63) is 243 Å². The van der Waals surface area contributed by atoms with E-state index in [1.54, 1.807) is 0 Å². The van der Waals surface area contributed by atoms with Gasteiger partial charge in [-0.2, -0.15) is 0 Å². The Balaban J connectivity index is 1.02. The maximum Gasteiger partial charge on any atom is 0.0541 e. The number of fused-ring (bicyclic) bond motifs is 4. The smallest absolute Gasteiger partial charge is 0.0541 e. The molecule has 2 heteroatoms. The van der Waals surface area contributed by atoms with Crippen LogP contribution in [-0.4, -0.2) is 4.57 Å². The van der Waals surface area contributed by atoms with Gasteiger partial charge in [-0.15, -0.1) is 0 Å². The number of benzene rings is 9. The fourth-order valence-corrected chi connectivity index (χ4v) is 8.81. The van der Waals surface area contributed by atoms with E-state index in [9.17, 15) is 0 Å². The second-order valence-electron chi connectivity index (χ2n) is 15.2. The summed E-state index contributed by atoms with van der Waals surface area (Å²) in [7, 11) is 0. The van der Waals surface area contributed by atoms with E-state index in [1.807, 2.05) is 6.07 Å². The molecule has 0 spiro atoms. The molecule has 2 nitrogen and oxygen atoms in total. The lowest BCUT2D eigenvalue weighted by molar-refractivity contribution is 1.18. The van der Waals surface area contributed by atoms with Gasteiger partial charge in [-0.1, -0.05) is 164 Å². The van der Waals surface area contributed by atoms with Crippen LogP contribution < -0.4 is 4.90 Å². The predicted molar refractivity (Wildman–Crippen MR) is 252 cm³/mol. The van der Waals surface area contributed by atoms with Crippen molar-refractivity contribution in [1.29, 1.82) is 0 Å². The van der Waals surface area contributed by atoms with Crippen LogP contribution >= 0.6 is 0 Å². The third kappa shape index (κ3) is 6.27. The largest absolute Gasteiger partial charge is 0.310 e. The average Bonchev–Trinajstić information content (AvgIpc) is 3.67. The fraction of sp³-hybridized carbons (Fsp3) is 0. The second kappa shape index (κ2) is 15.0. The number of hydrogen-bond donors (Lipinski definition) is 0. The van der Waals surface area contributed by atoms with Crippen LogP contribution in [-0.2, 0) is 0 Å². The molecule has 0 N–H and O–H groups in total. The zero-order valence-electron chi connectivity index (χ0n) is 32.8. The van der Waals surface area contributed by atoms with Crippen LogP contribution in [0.25, 0.3) is 82.8 Å². The van der Waals surface area contributed by atoms with Gasteiger partial charge >= 0.3 is 0 Å². The maximum atomic E-state index is 3.27. The first-order chi connectivity index (χ1) is 29.8. The zero-order chi connectivity index (χ0) is 39.8. The van der Waals surface area contributed by atoms with Gasteiger partial charge in [0.15, 0.2) is 0 Å². The topological polar surface area (TPSA) is 8.17 Å². The number of nitrogens with zero attached hydrogens (tertiary/aromatic N) is 2. The van der Waals surface area contributed by atoms with Gasteiger partial charge in [0.1, 0.15) is 0 Å². The fourth-order valence-electron chi connectivity index (χ4n) is 8.81. The summed E-state index contributed by atoms with van der Waals surface area (Å²) >= 11 is 0. The third-order valence-electron chi connectivity index (χ3n) is 11.7. The molecule has 1 heterocycles. The molecule has 280 valence electrons.